The summed E-state index contributed by atoms with van der Waals surface area (Å²) in [5, 5.41) is 7.88. The summed E-state index contributed by atoms with van der Waals surface area (Å²) in [6, 6.07) is 15.1. The standard InChI is InChI=1S/C24H31ClN2O2/c1-4-6-7-8-9-19-10-12-20(13-11-19)26-27-21-14-16-22(17-15-21)29-24(28)23(25)18(3)5-2/h10-18,23H,4-9H2,1-3H3. The summed E-state index contributed by atoms with van der Waals surface area (Å²) in [7, 11) is 0. The third-order valence-electron chi connectivity index (χ3n) is 4.96. The van der Waals surface area contributed by atoms with Gasteiger partial charge < -0.3 is 4.74 Å². The van der Waals surface area contributed by atoms with Gasteiger partial charge in [-0.1, -0.05) is 58.6 Å². The summed E-state index contributed by atoms with van der Waals surface area (Å²) in [5.74, 6) is 0.0977. The zero-order chi connectivity index (χ0) is 21.1. The van der Waals surface area contributed by atoms with Crippen LogP contribution in [0.5, 0.6) is 5.75 Å². The molecule has 0 N–H and O–H groups in total. The molecule has 0 spiro atoms. The first-order valence-electron chi connectivity index (χ1n) is 10.5. The smallest absolute Gasteiger partial charge is 0.329 e. The van der Waals surface area contributed by atoms with Gasteiger partial charge in [0.15, 0.2) is 0 Å². The van der Waals surface area contributed by atoms with Gasteiger partial charge in [-0.2, -0.15) is 10.2 Å². The second kappa shape index (κ2) is 12.4. The van der Waals surface area contributed by atoms with E-state index in [0.717, 1.165) is 18.5 Å². The molecule has 29 heavy (non-hydrogen) atoms. The van der Waals surface area contributed by atoms with E-state index >= 15 is 0 Å². The van der Waals surface area contributed by atoms with E-state index < -0.39 is 11.3 Å². The van der Waals surface area contributed by atoms with E-state index in [-0.39, 0.29) is 5.92 Å². The quantitative estimate of drug-likeness (QED) is 0.124. The molecule has 0 bridgehead atoms. The van der Waals surface area contributed by atoms with Crippen molar-refractivity contribution < 1.29 is 9.53 Å². The number of benzene rings is 2. The number of alkyl halides is 1. The molecule has 0 radical (unpaired) electrons. The van der Waals surface area contributed by atoms with Crippen LogP contribution >= 0.6 is 11.6 Å². The Balaban J connectivity index is 1.87. The van der Waals surface area contributed by atoms with Crippen LogP contribution in [0.3, 0.4) is 0 Å². The molecule has 0 saturated heterocycles. The first kappa shape index (κ1) is 23.1. The Labute approximate surface area is 179 Å². The second-order valence-corrected chi connectivity index (χ2v) is 7.85. The minimum atomic E-state index is -0.644. The van der Waals surface area contributed by atoms with E-state index in [9.17, 15) is 4.79 Å². The van der Waals surface area contributed by atoms with Crippen LogP contribution in [0, 0.1) is 5.92 Å². The third-order valence-corrected chi connectivity index (χ3v) is 5.57. The third kappa shape index (κ3) is 7.98. The van der Waals surface area contributed by atoms with Gasteiger partial charge >= 0.3 is 5.97 Å². The SMILES string of the molecule is CCCCCCc1ccc(N=Nc2ccc(OC(=O)C(Cl)C(C)CC)cc2)cc1. The topological polar surface area (TPSA) is 51.0 Å². The summed E-state index contributed by atoms with van der Waals surface area (Å²) in [5.41, 5.74) is 2.84. The molecule has 0 aromatic heterocycles. The Bertz CT molecular complexity index is 772. The number of nitrogens with zero attached hydrogens (tertiary/aromatic N) is 2. The normalized spacial score (nSPS) is 13.4. The van der Waals surface area contributed by atoms with Crippen molar-refractivity contribution in [1.82, 2.24) is 0 Å². The number of esters is 1. The van der Waals surface area contributed by atoms with E-state index in [1.807, 2.05) is 26.0 Å². The predicted molar refractivity (Wildman–Crippen MR) is 120 cm³/mol. The molecule has 0 fully saturated rings. The van der Waals surface area contributed by atoms with Crippen molar-refractivity contribution in [2.24, 2.45) is 16.1 Å². The fourth-order valence-electron chi connectivity index (χ4n) is 2.79. The number of aryl methyl sites for hydroxylation is 1. The van der Waals surface area contributed by atoms with Crippen molar-refractivity contribution in [3.63, 3.8) is 0 Å². The van der Waals surface area contributed by atoms with Crippen LogP contribution < -0.4 is 4.74 Å². The van der Waals surface area contributed by atoms with Crippen molar-refractivity contribution >= 4 is 28.9 Å². The summed E-state index contributed by atoms with van der Waals surface area (Å²) in [6.07, 6.45) is 7.00. The van der Waals surface area contributed by atoms with Crippen LogP contribution in [0.4, 0.5) is 11.4 Å². The molecule has 156 valence electrons. The Morgan fingerprint density at radius 3 is 2.07 bits per heavy atom. The molecule has 2 rings (SSSR count). The van der Waals surface area contributed by atoms with E-state index in [1.54, 1.807) is 24.3 Å². The highest BCUT2D eigenvalue weighted by Gasteiger charge is 2.23. The minimum Gasteiger partial charge on any atom is -0.425 e. The molecular weight excluding hydrogens is 384 g/mol. The molecule has 5 heteroatoms. The largest absolute Gasteiger partial charge is 0.425 e. The van der Waals surface area contributed by atoms with E-state index in [0.29, 0.717) is 11.4 Å². The van der Waals surface area contributed by atoms with Crippen LogP contribution in [0.1, 0.15) is 58.4 Å². The molecular formula is C24H31ClN2O2. The summed E-state index contributed by atoms with van der Waals surface area (Å²) < 4.78 is 5.33. The number of carbonyl (C=O) groups excluding carboxylic acids is 1. The number of carbonyl (C=O) groups is 1. The molecule has 0 saturated carbocycles. The van der Waals surface area contributed by atoms with Gasteiger partial charge in [0, 0.05) is 0 Å². The van der Waals surface area contributed by atoms with Crippen LogP contribution in [0.25, 0.3) is 0 Å². The molecule has 2 aromatic carbocycles. The molecule has 2 atom stereocenters. The van der Waals surface area contributed by atoms with Gasteiger partial charge in [0.05, 0.1) is 11.4 Å². The molecule has 0 amide bonds. The molecule has 2 aromatic rings. The van der Waals surface area contributed by atoms with E-state index in [1.165, 1.54) is 31.2 Å². The maximum Gasteiger partial charge on any atom is 0.329 e. The zero-order valence-electron chi connectivity index (χ0n) is 17.6. The van der Waals surface area contributed by atoms with E-state index in [4.69, 9.17) is 16.3 Å². The van der Waals surface area contributed by atoms with Crippen LogP contribution in [-0.4, -0.2) is 11.3 Å². The Morgan fingerprint density at radius 2 is 1.52 bits per heavy atom. The van der Waals surface area contributed by atoms with Crippen molar-refractivity contribution in [3.8, 4) is 5.75 Å². The van der Waals surface area contributed by atoms with Crippen LogP contribution in [0.2, 0.25) is 0 Å². The molecule has 0 aliphatic heterocycles. The molecule has 4 nitrogen and oxygen atoms in total. The van der Waals surface area contributed by atoms with Crippen molar-refractivity contribution in [2.45, 2.75) is 64.7 Å². The highest BCUT2D eigenvalue weighted by atomic mass is 35.5. The Morgan fingerprint density at radius 1 is 0.931 bits per heavy atom. The van der Waals surface area contributed by atoms with Crippen molar-refractivity contribution in [2.75, 3.05) is 0 Å². The van der Waals surface area contributed by atoms with Gasteiger partial charge in [-0.3, -0.25) is 4.79 Å². The Hall–Kier alpha value is -2.20. The van der Waals surface area contributed by atoms with Crippen molar-refractivity contribution in [3.05, 3.63) is 54.1 Å². The van der Waals surface area contributed by atoms with E-state index in [2.05, 4.69) is 29.3 Å². The van der Waals surface area contributed by atoms with Gasteiger partial charge in [0.1, 0.15) is 11.1 Å². The first-order chi connectivity index (χ1) is 14.0. The molecule has 0 heterocycles. The predicted octanol–water partition coefficient (Wildman–Crippen LogP) is 7.78. The van der Waals surface area contributed by atoms with Crippen LogP contribution in [-0.2, 0) is 11.2 Å². The summed E-state index contributed by atoms with van der Waals surface area (Å²) in [4.78, 5) is 12.0. The number of azo groups is 1. The van der Waals surface area contributed by atoms with Gasteiger partial charge in [-0.25, -0.2) is 0 Å². The maximum atomic E-state index is 12.0. The summed E-state index contributed by atoms with van der Waals surface area (Å²) in [6.45, 7) is 6.15. The highest BCUT2D eigenvalue weighted by Crippen LogP contribution is 2.23. The van der Waals surface area contributed by atoms with Gasteiger partial charge in [0.2, 0.25) is 0 Å². The lowest BCUT2D eigenvalue weighted by molar-refractivity contribution is -0.134. The lowest BCUT2D eigenvalue weighted by atomic mass is 10.1. The highest BCUT2D eigenvalue weighted by molar-refractivity contribution is 6.30. The summed E-state index contributed by atoms with van der Waals surface area (Å²) >= 11 is 6.13. The maximum absolute atomic E-state index is 12.0. The number of unbranched alkanes of at least 4 members (excludes halogenated alkanes) is 3. The first-order valence-corrected chi connectivity index (χ1v) is 10.9. The van der Waals surface area contributed by atoms with Gasteiger partial charge in [-0.05, 0) is 60.7 Å². The second-order valence-electron chi connectivity index (χ2n) is 7.38. The molecule has 0 aliphatic carbocycles. The average Bonchev–Trinajstić information content (AvgIpc) is 2.76. The molecule has 2 unspecified atom stereocenters. The number of hydrogen-bond acceptors (Lipinski definition) is 4. The fraction of sp³-hybridized carbons (Fsp3) is 0.458. The minimum absolute atomic E-state index is 0.0694. The number of hydrogen-bond donors (Lipinski definition) is 0. The van der Waals surface area contributed by atoms with Gasteiger partial charge in [0.25, 0.3) is 0 Å². The van der Waals surface area contributed by atoms with Gasteiger partial charge in [-0.15, -0.1) is 11.6 Å². The van der Waals surface area contributed by atoms with Crippen LogP contribution in [0.15, 0.2) is 58.8 Å². The molecule has 0 aliphatic rings. The fourth-order valence-corrected chi connectivity index (χ4v) is 3.02. The number of rotatable bonds is 11. The monoisotopic (exact) mass is 414 g/mol. The Kier molecular flexibility index (Phi) is 9.85. The number of ether oxygens (including phenoxy) is 1. The average molecular weight is 415 g/mol. The lowest BCUT2D eigenvalue weighted by Gasteiger charge is -2.14. The number of halogens is 1. The zero-order valence-corrected chi connectivity index (χ0v) is 18.4. The van der Waals surface area contributed by atoms with Crippen molar-refractivity contribution in [1.29, 1.82) is 0 Å². The lowest BCUT2D eigenvalue weighted by Crippen LogP contribution is -2.26.